The molecule has 0 bridgehead atoms. The third-order valence-corrected chi connectivity index (χ3v) is 3.99. The summed E-state index contributed by atoms with van der Waals surface area (Å²) in [5.74, 6) is -2.51. The maximum atomic E-state index is 12.2. The normalized spacial score (nSPS) is 13.6. The number of carbonyl (C=O) groups excluding carboxylic acids is 2. The van der Waals surface area contributed by atoms with Crippen molar-refractivity contribution in [3.63, 3.8) is 0 Å². The topological polar surface area (TPSA) is 183 Å². The van der Waals surface area contributed by atoms with Crippen molar-refractivity contribution in [3.8, 4) is 0 Å². The van der Waals surface area contributed by atoms with Crippen molar-refractivity contribution in [1.82, 2.24) is 16.0 Å². The molecule has 0 aromatic heterocycles. The highest BCUT2D eigenvalue weighted by Gasteiger charge is 2.25. The molecule has 0 heterocycles. The van der Waals surface area contributed by atoms with Crippen LogP contribution in [-0.4, -0.2) is 53.5 Å². The van der Waals surface area contributed by atoms with E-state index in [9.17, 15) is 19.5 Å². The molecule has 2 amide bonds. The minimum absolute atomic E-state index is 0.148. The zero-order chi connectivity index (χ0) is 21.1. The van der Waals surface area contributed by atoms with Gasteiger partial charge in [0.15, 0.2) is 5.96 Å². The highest BCUT2D eigenvalue weighted by molar-refractivity contribution is 5.91. The molecule has 0 saturated heterocycles. The van der Waals surface area contributed by atoms with Gasteiger partial charge >= 0.3 is 5.97 Å². The number of rotatable bonds is 11. The first-order valence-corrected chi connectivity index (χ1v) is 8.91. The number of amides is 2. The number of carboxylic acids is 1. The number of guanidine groups is 1. The van der Waals surface area contributed by atoms with Crippen LogP contribution in [0.15, 0.2) is 30.3 Å². The van der Waals surface area contributed by atoms with Crippen molar-refractivity contribution in [1.29, 1.82) is 5.41 Å². The minimum atomic E-state index is -1.18. The number of nitrogens with two attached hydrogens (primary N) is 2. The van der Waals surface area contributed by atoms with Crippen LogP contribution in [0.3, 0.4) is 0 Å². The number of benzene rings is 1. The zero-order valence-corrected chi connectivity index (χ0v) is 15.8. The Balaban J connectivity index is 2.48. The highest BCUT2D eigenvalue weighted by atomic mass is 16.4. The molecule has 10 nitrogen and oxygen atoms in total. The Morgan fingerprint density at radius 1 is 1.14 bits per heavy atom. The van der Waals surface area contributed by atoms with E-state index in [-0.39, 0.29) is 12.4 Å². The highest BCUT2D eigenvalue weighted by Crippen LogP contribution is 2.03. The van der Waals surface area contributed by atoms with Gasteiger partial charge in [0.2, 0.25) is 11.8 Å². The molecule has 3 atom stereocenters. The second kappa shape index (κ2) is 11.5. The summed E-state index contributed by atoms with van der Waals surface area (Å²) in [4.78, 5) is 35.7. The molecule has 0 aliphatic heterocycles. The van der Waals surface area contributed by atoms with Crippen molar-refractivity contribution in [3.05, 3.63) is 35.9 Å². The van der Waals surface area contributed by atoms with E-state index in [2.05, 4.69) is 16.0 Å². The fourth-order valence-corrected chi connectivity index (χ4v) is 2.43. The summed E-state index contributed by atoms with van der Waals surface area (Å²) in [6, 6.07) is 6.36. The molecule has 0 spiro atoms. The van der Waals surface area contributed by atoms with E-state index in [1.54, 1.807) is 0 Å². The molecule has 0 radical (unpaired) electrons. The Hall–Kier alpha value is -3.14. The molecule has 0 aliphatic rings. The fourth-order valence-electron chi connectivity index (χ4n) is 2.43. The fraction of sp³-hybridized carbons (Fsp3) is 0.444. The molecular formula is C18H28N6O4. The number of hydrogen-bond acceptors (Lipinski definition) is 5. The largest absolute Gasteiger partial charge is 0.480 e. The summed E-state index contributed by atoms with van der Waals surface area (Å²) in [5, 5.41) is 23.7. The second-order valence-corrected chi connectivity index (χ2v) is 6.41. The lowest BCUT2D eigenvalue weighted by molar-refractivity contribution is -0.142. The van der Waals surface area contributed by atoms with Crippen LogP contribution < -0.4 is 27.4 Å². The standard InChI is InChI=1S/C18H28N6O4/c1-11(23-16(26)13(19)10-12-6-3-2-4-7-12)15(25)24-14(17(27)28)8-5-9-22-18(20)21/h2-4,6-7,11,13-14H,5,8-10,19H2,1H3,(H,23,26)(H,24,25)(H,27,28)(H4,20,21,22)/t11-,13-,14-/m0/s1. The smallest absolute Gasteiger partial charge is 0.326 e. The lowest BCUT2D eigenvalue weighted by atomic mass is 10.1. The van der Waals surface area contributed by atoms with Gasteiger partial charge in [0, 0.05) is 6.54 Å². The van der Waals surface area contributed by atoms with Crippen LogP contribution in [0.5, 0.6) is 0 Å². The van der Waals surface area contributed by atoms with E-state index in [1.165, 1.54) is 6.92 Å². The van der Waals surface area contributed by atoms with Crippen LogP contribution in [0.4, 0.5) is 0 Å². The molecule has 0 aliphatic carbocycles. The zero-order valence-electron chi connectivity index (χ0n) is 15.8. The van der Waals surface area contributed by atoms with Crippen LogP contribution in [0.25, 0.3) is 0 Å². The third-order valence-electron chi connectivity index (χ3n) is 3.99. The average molecular weight is 392 g/mol. The van der Waals surface area contributed by atoms with Gasteiger partial charge in [-0.25, -0.2) is 4.79 Å². The molecule has 1 rings (SSSR count). The summed E-state index contributed by atoms with van der Waals surface area (Å²) in [6.07, 6.45) is 0.858. The van der Waals surface area contributed by atoms with Gasteiger partial charge < -0.3 is 32.5 Å². The molecule has 0 unspecified atom stereocenters. The van der Waals surface area contributed by atoms with E-state index < -0.39 is 35.9 Å². The lowest BCUT2D eigenvalue weighted by Gasteiger charge is -2.20. The molecule has 10 heteroatoms. The molecule has 154 valence electrons. The molecule has 1 aromatic carbocycles. The second-order valence-electron chi connectivity index (χ2n) is 6.41. The molecule has 28 heavy (non-hydrogen) atoms. The van der Waals surface area contributed by atoms with Crippen LogP contribution in [0.2, 0.25) is 0 Å². The summed E-state index contributed by atoms with van der Waals surface area (Å²) < 4.78 is 0. The SMILES string of the molecule is C[C@H](NC(=O)[C@@H](N)Cc1ccccc1)C(=O)N[C@@H](CCCNC(=N)N)C(=O)O. The molecule has 0 saturated carbocycles. The third kappa shape index (κ3) is 8.49. The van der Waals surface area contributed by atoms with Crippen LogP contribution >= 0.6 is 0 Å². The summed E-state index contributed by atoms with van der Waals surface area (Å²) in [6.45, 7) is 1.77. The van der Waals surface area contributed by atoms with Gasteiger partial charge in [-0.3, -0.25) is 15.0 Å². The first-order chi connectivity index (χ1) is 13.2. The van der Waals surface area contributed by atoms with Crippen molar-refractivity contribution in [2.45, 2.75) is 44.3 Å². The van der Waals surface area contributed by atoms with E-state index >= 15 is 0 Å². The maximum Gasteiger partial charge on any atom is 0.326 e. The number of carboxylic acid groups (broad SMARTS) is 1. The van der Waals surface area contributed by atoms with Gasteiger partial charge in [-0.15, -0.1) is 0 Å². The Morgan fingerprint density at radius 2 is 1.79 bits per heavy atom. The van der Waals surface area contributed by atoms with E-state index in [4.69, 9.17) is 16.9 Å². The Kier molecular flexibility index (Phi) is 9.44. The van der Waals surface area contributed by atoms with Crippen LogP contribution in [0, 0.1) is 5.41 Å². The number of aliphatic carboxylic acids is 1. The Morgan fingerprint density at radius 3 is 2.36 bits per heavy atom. The number of hydrogen-bond donors (Lipinski definition) is 7. The summed E-state index contributed by atoms with van der Waals surface area (Å²) in [5.41, 5.74) is 11.9. The van der Waals surface area contributed by atoms with Gasteiger partial charge in [-0.2, -0.15) is 0 Å². The Bertz CT molecular complexity index is 682. The average Bonchev–Trinajstić information content (AvgIpc) is 2.64. The molecular weight excluding hydrogens is 364 g/mol. The number of carbonyl (C=O) groups is 3. The minimum Gasteiger partial charge on any atom is -0.480 e. The molecule has 1 aromatic rings. The van der Waals surface area contributed by atoms with E-state index in [0.29, 0.717) is 19.4 Å². The monoisotopic (exact) mass is 392 g/mol. The Labute approximate surface area is 163 Å². The van der Waals surface area contributed by atoms with Crippen LogP contribution in [0.1, 0.15) is 25.3 Å². The van der Waals surface area contributed by atoms with Crippen molar-refractivity contribution < 1.29 is 19.5 Å². The lowest BCUT2D eigenvalue weighted by Crippen LogP contribution is -2.53. The van der Waals surface area contributed by atoms with Crippen molar-refractivity contribution >= 4 is 23.7 Å². The van der Waals surface area contributed by atoms with Gasteiger partial charge in [-0.05, 0) is 31.7 Å². The first-order valence-electron chi connectivity index (χ1n) is 8.91. The van der Waals surface area contributed by atoms with E-state index in [1.807, 2.05) is 30.3 Å². The van der Waals surface area contributed by atoms with Crippen molar-refractivity contribution in [2.75, 3.05) is 6.54 Å². The predicted molar refractivity (Wildman–Crippen MR) is 104 cm³/mol. The van der Waals surface area contributed by atoms with Crippen LogP contribution in [-0.2, 0) is 20.8 Å². The summed E-state index contributed by atoms with van der Waals surface area (Å²) >= 11 is 0. The predicted octanol–water partition coefficient (Wildman–Crippen LogP) is -1.11. The molecule has 0 fully saturated rings. The van der Waals surface area contributed by atoms with Gasteiger partial charge in [0.1, 0.15) is 12.1 Å². The quantitative estimate of drug-likeness (QED) is 0.141. The van der Waals surface area contributed by atoms with Gasteiger partial charge in [0.05, 0.1) is 6.04 Å². The van der Waals surface area contributed by atoms with E-state index in [0.717, 1.165) is 5.56 Å². The van der Waals surface area contributed by atoms with Gasteiger partial charge in [-0.1, -0.05) is 30.3 Å². The molecule has 9 N–H and O–H groups in total. The number of nitrogens with one attached hydrogen (secondary N) is 4. The first kappa shape index (κ1) is 22.9. The maximum absolute atomic E-state index is 12.2. The summed E-state index contributed by atoms with van der Waals surface area (Å²) in [7, 11) is 0. The van der Waals surface area contributed by atoms with Crippen molar-refractivity contribution in [2.24, 2.45) is 11.5 Å². The van der Waals surface area contributed by atoms with Gasteiger partial charge in [0.25, 0.3) is 0 Å².